The summed E-state index contributed by atoms with van der Waals surface area (Å²) in [5.74, 6) is 2.58. The van der Waals surface area contributed by atoms with Crippen molar-refractivity contribution in [2.24, 2.45) is 0 Å². The summed E-state index contributed by atoms with van der Waals surface area (Å²) in [5, 5.41) is 0. The Morgan fingerprint density at radius 1 is 1.00 bits per heavy atom. The van der Waals surface area contributed by atoms with Gasteiger partial charge in [-0.3, -0.25) is 0 Å². The summed E-state index contributed by atoms with van der Waals surface area (Å²) in [4.78, 5) is 0. The van der Waals surface area contributed by atoms with E-state index in [1.165, 1.54) is 0 Å². The molecule has 2 aromatic carbocycles. The number of rotatable bonds is 5. The van der Waals surface area contributed by atoms with Crippen molar-refractivity contribution in [3.05, 3.63) is 44.6 Å². The maximum Gasteiger partial charge on any atom is 0.154 e. The van der Waals surface area contributed by atoms with Crippen LogP contribution in [0.1, 0.15) is 0 Å². The Labute approximate surface area is 183 Å². The number of hydrogen-bond acceptors (Lipinski definition) is 3. The van der Waals surface area contributed by atoms with E-state index in [-0.39, 0.29) is 6.10 Å². The first-order valence-corrected chi connectivity index (χ1v) is 10.6. The Morgan fingerprint density at radius 2 is 1.59 bits per heavy atom. The van der Waals surface area contributed by atoms with Gasteiger partial charge in [-0.25, -0.2) is 0 Å². The molecule has 1 atom stereocenters. The second-order valence-corrected chi connectivity index (χ2v) is 9.21. The predicted molar refractivity (Wildman–Crippen MR) is 118 cm³/mol. The van der Waals surface area contributed by atoms with E-state index < -0.39 is 0 Å². The molecule has 1 unspecified atom stereocenters. The van der Waals surface area contributed by atoms with Crippen LogP contribution in [-0.2, 0) is 4.74 Å². The number of halogens is 4. The average molecular weight is 745 g/mol. The molecule has 7 heteroatoms. The van der Waals surface area contributed by atoms with E-state index in [0.717, 1.165) is 38.1 Å². The normalized spacial score (nSPS) is 16.5. The molecule has 0 amide bonds. The van der Waals surface area contributed by atoms with Gasteiger partial charge in [-0.15, -0.1) is 0 Å². The molecule has 1 fully saturated rings. The highest BCUT2D eigenvalue weighted by molar-refractivity contribution is 14.1. The van der Waals surface area contributed by atoms with Crippen LogP contribution in [0.5, 0.6) is 17.2 Å². The monoisotopic (exact) mass is 745 g/mol. The molecule has 0 N–H and O–H groups in total. The lowest BCUT2D eigenvalue weighted by atomic mass is 10.3. The van der Waals surface area contributed by atoms with E-state index in [4.69, 9.17) is 14.2 Å². The summed E-state index contributed by atoms with van der Waals surface area (Å²) in [7, 11) is 0. The van der Waals surface area contributed by atoms with Crippen LogP contribution < -0.4 is 9.47 Å². The van der Waals surface area contributed by atoms with E-state index >= 15 is 0 Å². The zero-order valence-corrected chi connectivity index (χ0v) is 19.7. The quantitative estimate of drug-likeness (QED) is 0.301. The maximum absolute atomic E-state index is 6.07. The fourth-order valence-corrected chi connectivity index (χ4v) is 5.42. The molecule has 0 aliphatic carbocycles. The summed E-state index contributed by atoms with van der Waals surface area (Å²) in [6, 6.07) is 10.9. The minimum atomic E-state index is 0.256. The van der Waals surface area contributed by atoms with Gasteiger partial charge >= 0.3 is 0 Å². The van der Waals surface area contributed by atoms with Gasteiger partial charge in [0.2, 0.25) is 0 Å². The molecule has 1 aliphatic rings. The standard InChI is InChI=1S/C15H9I4O3/c16-10-2-1-3-11(17)15(10)22-8-4-12(18)14(13(19)5-8)21-7-9-6-20-9/h2-5,9H,6-7H2. The summed E-state index contributed by atoms with van der Waals surface area (Å²) in [6.07, 6.45) is 0.256. The van der Waals surface area contributed by atoms with E-state index in [9.17, 15) is 0 Å². The van der Waals surface area contributed by atoms with Crippen LogP contribution in [0.2, 0.25) is 0 Å². The molecule has 0 aromatic heterocycles. The maximum atomic E-state index is 6.07. The molecule has 3 nitrogen and oxygen atoms in total. The molecule has 1 saturated heterocycles. The van der Waals surface area contributed by atoms with Gasteiger partial charge in [0.25, 0.3) is 0 Å². The molecule has 22 heavy (non-hydrogen) atoms. The first kappa shape index (κ1) is 17.7. The van der Waals surface area contributed by atoms with Crippen molar-refractivity contribution >= 4 is 90.4 Å². The summed E-state index contributed by atoms with van der Waals surface area (Å²) >= 11 is 9.08. The Balaban J connectivity index is 1.82. The zero-order chi connectivity index (χ0) is 15.7. The van der Waals surface area contributed by atoms with Gasteiger partial charge in [0, 0.05) is 0 Å². The molecule has 0 bridgehead atoms. The highest BCUT2D eigenvalue weighted by Gasteiger charge is 2.24. The van der Waals surface area contributed by atoms with E-state index in [1.54, 1.807) is 0 Å². The lowest BCUT2D eigenvalue weighted by Gasteiger charge is -2.14. The molecule has 0 spiro atoms. The minimum absolute atomic E-state index is 0.256. The molecule has 3 rings (SSSR count). The van der Waals surface area contributed by atoms with Crippen molar-refractivity contribution in [3.63, 3.8) is 0 Å². The molecule has 1 aliphatic heterocycles. The SMILES string of the molecule is Ic1cc(Oc2c(I)c[c]cc2I)cc(I)c1OCC1CO1. The summed E-state index contributed by atoms with van der Waals surface area (Å²) in [6.45, 7) is 1.41. The lowest BCUT2D eigenvalue weighted by molar-refractivity contribution is 0.260. The van der Waals surface area contributed by atoms with Crippen LogP contribution >= 0.6 is 90.4 Å². The second-order valence-electron chi connectivity index (χ2n) is 4.56. The number of ether oxygens (including phenoxy) is 3. The van der Waals surface area contributed by atoms with Crippen LogP contribution in [0.4, 0.5) is 0 Å². The van der Waals surface area contributed by atoms with Gasteiger partial charge in [0.15, 0.2) is 5.75 Å². The second kappa shape index (κ2) is 7.87. The smallest absolute Gasteiger partial charge is 0.154 e. The van der Waals surface area contributed by atoms with Gasteiger partial charge in [-0.05, 0) is 121 Å². The van der Waals surface area contributed by atoms with E-state index in [1.807, 2.05) is 24.3 Å². The Hall–Kier alpha value is 0.920. The Kier molecular flexibility index (Phi) is 6.34. The van der Waals surface area contributed by atoms with Crippen LogP contribution in [0.25, 0.3) is 0 Å². The number of hydrogen-bond donors (Lipinski definition) is 0. The number of benzene rings is 2. The highest BCUT2D eigenvalue weighted by atomic mass is 127. The van der Waals surface area contributed by atoms with Gasteiger partial charge in [0.1, 0.15) is 24.2 Å². The minimum Gasteiger partial charge on any atom is -0.489 e. The summed E-state index contributed by atoms with van der Waals surface area (Å²) in [5.41, 5.74) is 0. The van der Waals surface area contributed by atoms with Gasteiger partial charge in [0.05, 0.1) is 20.9 Å². The highest BCUT2D eigenvalue weighted by Crippen LogP contribution is 2.36. The first-order chi connectivity index (χ1) is 10.5. The molecule has 2 aromatic rings. The molecular formula is C15H9I4O3. The van der Waals surface area contributed by atoms with Crippen LogP contribution in [0.15, 0.2) is 24.3 Å². The largest absolute Gasteiger partial charge is 0.489 e. The first-order valence-electron chi connectivity index (χ1n) is 6.31. The molecule has 1 radical (unpaired) electrons. The van der Waals surface area contributed by atoms with Crippen molar-refractivity contribution < 1.29 is 14.2 Å². The third-order valence-corrected chi connectivity index (χ3v) is 6.07. The molecule has 115 valence electrons. The number of epoxide rings is 1. The van der Waals surface area contributed by atoms with E-state index in [0.29, 0.717) is 6.61 Å². The van der Waals surface area contributed by atoms with Gasteiger partial charge < -0.3 is 14.2 Å². The van der Waals surface area contributed by atoms with Crippen molar-refractivity contribution in [3.8, 4) is 17.2 Å². The topological polar surface area (TPSA) is 31.0 Å². The van der Waals surface area contributed by atoms with Crippen LogP contribution in [0.3, 0.4) is 0 Å². The molecule has 1 heterocycles. The van der Waals surface area contributed by atoms with Crippen LogP contribution in [0, 0.1) is 20.3 Å². The predicted octanol–water partition coefficient (Wildman–Crippen LogP) is 5.48. The third kappa shape index (κ3) is 4.51. The zero-order valence-electron chi connectivity index (χ0n) is 11.0. The van der Waals surface area contributed by atoms with Crippen molar-refractivity contribution in [1.29, 1.82) is 0 Å². The summed E-state index contributed by atoms with van der Waals surface area (Å²) < 4.78 is 21.2. The fraction of sp³-hybridized carbons (Fsp3) is 0.200. The van der Waals surface area contributed by atoms with Crippen LogP contribution in [-0.4, -0.2) is 19.3 Å². The molecular weight excluding hydrogens is 736 g/mol. The van der Waals surface area contributed by atoms with Gasteiger partial charge in [-0.1, -0.05) is 0 Å². The van der Waals surface area contributed by atoms with Crippen molar-refractivity contribution in [1.82, 2.24) is 0 Å². The van der Waals surface area contributed by atoms with Crippen molar-refractivity contribution in [2.75, 3.05) is 13.2 Å². The Bertz CT molecular complexity index is 658. The average Bonchev–Trinajstić information content (AvgIpc) is 3.26. The van der Waals surface area contributed by atoms with Gasteiger partial charge in [-0.2, -0.15) is 0 Å². The Morgan fingerprint density at radius 3 is 2.14 bits per heavy atom. The molecule has 0 saturated carbocycles. The lowest BCUT2D eigenvalue weighted by Crippen LogP contribution is -2.06. The third-order valence-electron chi connectivity index (χ3n) is 2.86. The van der Waals surface area contributed by atoms with E-state index in [2.05, 4.69) is 96.4 Å². The van der Waals surface area contributed by atoms with Crippen molar-refractivity contribution in [2.45, 2.75) is 6.10 Å². The fourth-order valence-electron chi connectivity index (χ4n) is 1.72.